The molecule has 2 saturated carbocycles. The zero-order valence-electron chi connectivity index (χ0n) is 13.5. The van der Waals surface area contributed by atoms with E-state index in [1.807, 2.05) is 6.07 Å². The lowest BCUT2D eigenvalue weighted by atomic mass is 9.54. The van der Waals surface area contributed by atoms with Crippen LogP contribution in [0.4, 0.5) is 0 Å². The van der Waals surface area contributed by atoms with E-state index in [0.29, 0.717) is 11.8 Å². The molecule has 3 heteroatoms. The summed E-state index contributed by atoms with van der Waals surface area (Å²) in [6, 6.07) is 6.31. The van der Waals surface area contributed by atoms with E-state index in [1.165, 1.54) is 11.1 Å². The van der Waals surface area contributed by atoms with Crippen LogP contribution in [0.2, 0.25) is 0 Å². The Labute approximate surface area is 132 Å². The quantitative estimate of drug-likeness (QED) is 0.838. The lowest BCUT2D eigenvalue weighted by molar-refractivity contribution is -0.0798. The number of aliphatic hydroxyl groups is 2. The first-order valence-electron chi connectivity index (χ1n) is 8.57. The molecule has 3 aliphatic carbocycles. The second-order valence-electron chi connectivity index (χ2n) is 7.77. The lowest BCUT2D eigenvalue weighted by Gasteiger charge is -2.52. The van der Waals surface area contributed by atoms with Crippen LogP contribution in [0.15, 0.2) is 18.2 Å². The standard InChI is InChI=1S/C19H26O3/c1-19-10-16(20)18-13-6-4-12(22-2)9-11(13)3-5-14(18)15(19)7-8-17(19)21/h4,6,9,14-18,20-21H,3,5,7-8,10H2,1-2H3/t14-,15-,16?,17?,18+,19-/m0/s1. The minimum Gasteiger partial charge on any atom is -0.497 e. The van der Waals surface area contributed by atoms with Crippen LogP contribution in [0.3, 0.4) is 0 Å². The van der Waals surface area contributed by atoms with Crippen LogP contribution in [0, 0.1) is 17.3 Å². The van der Waals surface area contributed by atoms with Gasteiger partial charge in [-0.05, 0) is 72.6 Å². The summed E-state index contributed by atoms with van der Waals surface area (Å²) in [6.07, 6.45) is 4.32. The van der Waals surface area contributed by atoms with Gasteiger partial charge in [0.1, 0.15) is 5.75 Å². The minimum absolute atomic E-state index is 0.0927. The largest absolute Gasteiger partial charge is 0.497 e. The summed E-state index contributed by atoms with van der Waals surface area (Å²) in [5.74, 6) is 2.19. The Morgan fingerprint density at radius 2 is 2.00 bits per heavy atom. The van der Waals surface area contributed by atoms with Gasteiger partial charge in [-0.2, -0.15) is 0 Å². The number of aryl methyl sites for hydroxylation is 1. The number of hydrogen-bond donors (Lipinski definition) is 2. The van der Waals surface area contributed by atoms with Gasteiger partial charge >= 0.3 is 0 Å². The predicted octanol–water partition coefficient (Wildman–Crippen LogP) is 2.88. The van der Waals surface area contributed by atoms with E-state index in [0.717, 1.165) is 37.9 Å². The highest BCUT2D eigenvalue weighted by Crippen LogP contribution is 2.60. The van der Waals surface area contributed by atoms with Gasteiger partial charge in [0.05, 0.1) is 19.3 Å². The van der Waals surface area contributed by atoms with Gasteiger partial charge in [-0.1, -0.05) is 13.0 Å². The lowest BCUT2D eigenvalue weighted by Crippen LogP contribution is -2.50. The number of benzene rings is 1. The van der Waals surface area contributed by atoms with Crippen LogP contribution in [-0.4, -0.2) is 29.5 Å². The minimum atomic E-state index is -0.341. The van der Waals surface area contributed by atoms with E-state index in [-0.39, 0.29) is 23.5 Å². The van der Waals surface area contributed by atoms with Crippen molar-refractivity contribution in [3.63, 3.8) is 0 Å². The fourth-order valence-corrected chi connectivity index (χ4v) is 5.74. The molecule has 2 unspecified atom stereocenters. The number of hydrogen-bond acceptors (Lipinski definition) is 3. The first-order valence-corrected chi connectivity index (χ1v) is 8.57. The van der Waals surface area contributed by atoms with Gasteiger partial charge in [0.25, 0.3) is 0 Å². The molecule has 6 atom stereocenters. The van der Waals surface area contributed by atoms with Gasteiger partial charge in [-0.25, -0.2) is 0 Å². The van der Waals surface area contributed by atoms with E-state index in [4.69, 9.17) is 4.74 Å². The van der Waals surface area contributed by atoms with Gasteiger partial charge in [-0.3, -0.25) is 0 Å². The molecule has 0 radical (unpaired) electrons. The van der Waals surface area contributed by atoms with Crippen LogP contribution in [-0.2, 0) is 6.42 Å². The molecule has 2 fully saturated rings. The molecule has 0 bridgehead atoms. The van der Waals surface area contributed by atoms with E-state index < -0.39 is 0 Å². The van der Waals surface area contributed by atoms with Crippen molar-refractivity contribution in [2.45, 2.75) is 57.2 Å². The highest BCUT2D eigenvalue weighted by Gasteiger charge is 2.57. The molecule has 3 nitrogen and oxygen atoms in total. The molecule has 0 heterocycles. The van der Waals surface area contributed by atoms with Gasteiger partial charge in [-0.15, -0.1) is 0 Å². The summed E-state index contributed by atoms with van der Waals surface area (Å²) in [7, 11) is 1.70. The second-order valence-corrected chi connectivity index (χ2v) is 7.77. The van der Waals surface area contributed by atoms with E-state index in [9.17, 15) is 10.2 Å². The van der Waals surface area contributed by atoms with Crippen LogP contribution in [0.25, 0.3) is 0 Å². The maximum Gasteiger partial charge on any atom is 0.119 e. The molecule has 0 aliphatic heterocycles. The molecule has 0 spiro atoms. The van der Waals surface area contributed by atoms with Gasteiger partial charge in [0.15, 0.2) is 0 Å². The van der Waals surface area contributed by atoms with Crippen molar-refractivity contribution in [1.82, 2.24) is 0 Å². The van der Waals surface area contributed by atoms with E-state index in [2.05, 4.69) is 19.1 Å². The van der Waals surface area contributed by atoms with Crippen molar-refractivity contribution in [1.29, 1.82) is 0 Å². The summed E-state index contributed by atoms with van der Waals surface area (Å²) < 4.78 is 5.35. The SMILES string of the molecule is COc1ccc2c(c1)CC[C@@H]1[C@@H]2C(O)C[C@]2(C)C(O)CC[C@@H]12. The Morgan fingerprint density at radius 3 is 2.77 bits per heavy atom. The second kappa shape index (κ2) is 4.97. The fraction of sp³-hybridized carbons (Fsp3) is 0.684. The molecule has 1 aromatic carbocycles. The predicted molar refractivity (Wildman–Crippen MR) is 85.0 cm³/mol. The smallest absolute Gasteiger partial charge is 0.119 e. The number of rotatable bonds is 1. The average molecular weight is 302 g/mol. The van der Waals surface area contributed by atoms with E-state index >= 15 is 0 Å². The summed E-state index contributed by atoms with van der Waals surface area (Å²) in [5, 5.41) is 21.3. The normalized spacial score (nSPS) is 43.2. The first kappa shape index (κ1) is 14.5. The molecular weight excluding hydrogens is 276 g/mol. The van der Waals surface area contributed by atoms with Gasteiger partial charge < -0.3 is 14.9 Å². The van der Waals surface area contributed by atoms with Crippen molar-refractivity contribution in [3.8, 4) is 5.75 Å². The maximum absolute atomic E-state index is 10.9. The molecule has 2 N–H and O–H groups in total. The monoisotopic (exact) mass is 302 g/mol. The Balaban J connectivity index is 1.73. The molecule has 0 aromatic heterocycles. The van der Waals surface area contributed by atoms with Crippen LogP contribution >= 0.6 is 0 Å². The molecule has 120 valence electrons. The van der Waals surface area contributed by atoms with Crippen molar-refractivity contribution >= 4 is 0 Å². The molecule has 0 amide bonds. The Kier molecular flexibility index (Phi) is 3.28. The van der Waals surface area contributed by atoms with Gasteiger partial charge in [0.2, 0.25) is 0 Å². The third-order valence-corrected chi connectivity index (χ3v) is 6.86. The topological polar surface area (TPSA) is 49.7 Å². The Hall–Kier alpha value is -1.06. The third-order valence-electron chi connectivity index (χ3n) is 6.86. The van der Waals surface area contributed by atoms with E-state index in [1.54, 1.807) is 7.11 Å². The zero-order chi connectivity index (χ0) is 15.5. The number of fused-ring (bicyclic) bond motifs is 5. The summed E-state index contributed by atoms with van der Waals surface area (Å²) in [4.78, 5) is 0. The highest BCUT2D eigenvalue weighted by molar-refractivity contribution is 5.41. The molecule has 22 heavy (non-hydrogen) atoms. The van der Waals surface area contributed by atoms with Crippen LogP contribution < -0.4 is 4.74 Å². The van der Waals surface area contributed by atoms with Crippen molar-refractivity contribution < 1.29 is 14.9 Å². The third kappa shape index (κ3) is 1.88. The number of aliphatic hydroxyl groups excluding tert-OH is 2. The summed E-state index contributed by atoms with van der Waals surface area (Å²) >= 11 is 0. The Morgan fingerprint density at radius 1 is 1.18 bits per heavy atom. The molecule has 3 aliphatic rings. The summed E-state index contributed by atoms with van der Waals surface area (Å²) in [6.45, 7) is 2.19. The molecule has 0 saturated heterocycles. The fourth-order valence-electron chi connectivity index (χ4n) is 5.74. The zero-order valence-corrected chi connectivity index (χ0v) is 13.5. The summed E-state index contributed by atoms with van der Waals surface area (Å²) in [5.41, 5.74) is 2.56. The van der Waals surface area contributed by atoms with Crippen molar-refractivity contribution in [3.05, 3.63) is 29.3 Å². The number of ether oxygens (including phenoxy) is 1. The molecule has 1 aromatic rings. The van der Waals surface area contributed by atoms with Crippen molar-refractivity contribution in [2.75, 3.05) is 7.11 Å². The number of methoxy groups -OCH3 is 1. The van der Waals surface area contributed by atoms with Crippen LogP contribution in [0.1, 0.15) is 49.7 Å². The van der Waals surface area contributed by atoms with Crippen molar-refractivity contribution in [2.24, 2.45) is 17.3 Å². The molecular formula is C19H26O3. The molecule has 4 rings (SSSR count). The Bertz CT molecular complexity index is 584. The van der Waals surface area contributed by atoms with Gasteiger partial charge in [0, 0.05) is 5.92 Å². The first-order chi connectivity index (χ1) is 10.5. The highest BCUT2D eigenvalue weighted by atomic mass is 16.5. The maximum atomic E-state index is 10.9. The average Bonchev–Trinajstić information content (AvgIpc) is 2.81. The van der Waals surface area contributed by atoms with Crippen LogP contribution in [0.5, 0.6) is 5.75 Å².